The molecule has 2 aromatic carbocycles. The summed E-state index contributed by atoms with van der Waals surface area (Å²) in [4.78, 5) is 7.86. The number of fused-ring (bicyclic) bond motifs is 2. The molecule has 0 saturated carbocycles. The van der Waals surface area contributed by atoms with Crippen LogP contribution in [0.2, 0.25) is 0 Å². The van der Waals surface area contributed by atoms with Gasteiger partial charge < -0.3 is 14.3 Å². The topological polar surface area (TPSA) is 42.8 Å². The first-order chi connectivity index (χ1) is 12.2. The van der Waals surface area contributed by atoms with Crippen LogP contribution in [0.25, 0.3) is 21.9 Å². The number of para-hydroxylation sites is 2. The van der Waals surface area contributed by atoms with Crippen molar-refractivity contribution in [1.29, 1.82) is 0 Å². The smallest absolute Gasteiger partial charge is 0.146 e. The molecule has 4 rings (SSSR count). The van der Waals surface area contributed by atoms with Crippen molar-refractivity contribution in [3.8, 4) is 5.75 Å². The highest BCUT2D eigenvalue weighted by Gasteiger charge is 2.08. The van der Waals surface area contributed by atoms with Crippen LogP contribution in [0.3, 0.4) is 0 Å². The lowest BCUT2D eigenvalue weighted by molar-refractivity contribution is 0.298. The Morgan fingerprint density at radius 1 is 1.12 bits per heavy atom. The second-order valence-corrected chi connectivity index (χ2v) is 6.50. The normalized spacial score (nSPS) is 11.4. The number of aromatic amines is 1. The van der Waals surface area contributed by atoms with Crippen molar-refractivity contribution in [3.63, 3.8) is 0 Å². The Morgan fingerprint density at radius 3 is 2.84 bits per heavy atom. The highest BCUT2D eigenvalue weighted by molar-refractivity contribution is 5.82. The zero-order valence-electron chi connectivity index (χ0n) is 14.7. The van der Waals surface area contributed by atoms with Gasteiger partial charge in [-0.05, 0) is 49.7 Å². The highest BCUT2D eigenvalue weighted by Crippen LogP contribution is 2.25. The maximum absolute atomic E-state index is 5.96. The molecular formula is C21H23N3O. The van der Waals surface area contributed by atoms with E-state index in [1.54, 1.807) is 0 Å². The Balaban J connectivity index is 1.53. The van der Waals surface area contributed by atoms with E-state index in [0.717, 1.165) is 29.2 Å². The van der Waals surface area contributed by atoms with Crippen LogP contribution in [-0.4, -0.2) is 14.5 Å². The molecule has 0 aliphatic carbocycles. The Labute approximate surface area is 147 Å². The Morgan fingerprint density at radius 2 is 2.00 bits per heavy atom. The van der Waals surface area contributed by atoms with Gasteiger partial charge in [0.2, 0.25) is 0 Å². The second-order valence-electron chi connectivity index (χ2n) is 6.50. The van der Waals surface area contributed by atoms with E-state index in [2.05, 4.69) is 46.6 Å². The summed E-state index contributed by atoms with van der Waals surface area (Å²) < 4.78 is 8.35. The van der Waals surface area contributed by atoms with E-state index in [1.165, 1.54) is 29.4 Å². The van der Waals surface area contributed by atoms with Gasteiger partial charge in [-0.1, -0.05) is 25.5 Å². The molecule has 0 radical (unpaired) electrons. The van der Waals surface area contributed by atoms with Crippen LogP contribution in [0.1, 0.15) is 31.3 Å². The van der Waals surface area contributed by atoms with E-state index in [4.69, 9.17) is 4.74 Å². The third-order valence-corrected chi connectivity index (χ3v) is 4.63. The van der Waals surface area contributed by atoms with Gasteiger partial charge in [0.1, 0.15) is 18.2 Å². The van der Waals surface area contributed by atoms with Gasteiger partial charge in [-0.15, -0.1) is 0 Å². The summed E-state index contributed by atoms with van der Waals surface area (Å²) in [5, 5.41) is 1.23. The van der Waals surface area contributed by atoms with Gasteiger partial charge in [0.05, 0.1) is 11.0 Å². The number of nitrogens with zero attached hydrogens (tertiary/aromatic N) is 2. The van der Waals surface area contributed by atoms with Gasteiger partial charge in [-0.2, -0.15) is 0 Å². The minimum atomic E-state index is 0.440. The zero-order valence-corrected chi connectivity index (χ0v) is 14.7. The molecule has 0 fully saturated rings. The first-order valence-corrected chi connectivity index (χ1v) is 8.91. The molecule has 2 heterocycles. The molecule has 4 aromatic rings. The van der Waals surface area contributed by atoms with E-state index in [0.29, 0.717) is 6.61 Å². The van der Waals surface area contributed by atoms with Crippen LogP contribution in [0.4, 0.5) is 0 Å². The summed E-state index contributed by atoms with van der Waals surface area (Å²) in [5.74, 6) is 1.72. The minimum Gasteiger partial charge on any atom is -0.486 e. The molecule has 0 spiro atoms. The average Bonchev–Trinajstić information content (AvgIpc) is 3.17. The van der Waals surface area contributed by atoms with Gasteiger partial charge in [-0.25, -0.2) is 4.98 Å². The summed E-state index contributed by atoms with van der Waals surface area (Å²) in [6.45, 7) is 5.91. The SMILES string of the molecule is CCCCn1c(C)cc2cc(OCc3nc4ccccc4[nH]3)ccc21. The molecule has 0 amide bonds. The number of nitrogens with one attached hydrogen (secondary N) is 1. The van der Waals surface area contributed by atoms with Crippen LogP contribution in [-0.2, 0) is 13.2 Å². The molecule has 25 heavy (non-hydrogen) atoms. The van der Waals surface area contributed by atoms with Gasteiger partial charge in [0.15, 0.2) is 0 Å². The molecule has 4 nitrogen and oxygen atoms in total. The molecule has 1 N–H and O–H groups in total. The van der Waals surface area contributed by atoms with Crippen molar-refractivity contribution in [3.05, 3.63) is 60.0 Å². The summed E-state index contributed by atoms with van der Waals surface area (Å²) in [7, 11) is 0. The largest absolute Gasteiger partial charge is 0.486 e. The molecule has 0 unspecified atom stereocenters. The molecule has 0 aliphatic rings. The summed E-state index contributed by atoms with van der Waals surface area (Å²) in [6, 6.07) is 16.6. The predicted molar refractivity (Wildman–Crippen MR) is 102 cm³/mol. The number of ether oxygens (including phenoxy) is 1. The summed E-state index contributed by atoms with van der Waals surface area (Å²) in [5.41, 5.74) is 4.60. The van der Waals surface area contributed by atoms with Crippen molar-refractivity contribution in [2.45, 2.75) is 39.8 Å². The maximum Gasteiger partial charge on any atom is 0.146 e. The number of benzene rings is 2. The van der Waals surface area contributed by atoms with E-state index in [9.17, 15) is 0 Å². The van der Waals surface area contributed by atoms with Crippen molar-refractivity contribution in [2.24, 2.45) is 0 Å². The highest BCUT2D eigenvalue weighted by atomic mass is 16.5. The third kappa shape index (κ3) is 3.12. The Bertz CT molecular complexity index is 980. The molecule has 0 aliphatic heterocycles. The van der Waals surface area contributed by atoms with Gasteiger partial charge in [0, 0.05) is 23.1 Å². The van der Waals surface area contributed by atoms with Gasteiger partial charge in [0.25, 0.3) is 0 Å². The van der Waals surface area contributed by atoms with E-state index in [-0.39, 0.29) is 0 Å². The number of imidazole rings is 1. The fourth-order valence-electron chi connectivity index (χ4n) is 3.32. The summed E-state index contributed by atoms with van der Waals surface area (Å²) in [6.07, 6.45) is 2.41. The van der Waals surface area contributed by atoms with Gasteiger partial charge in [-0.3, -0.25) is 0 Å². The number of hydrogen-bond acceptors (Lipinski definition) is 2. The fourth-order valence-corrected chi connectivity index (χ4v) is 3.32. The van der Waals surface area contributed by atoms with Crippen LogP contribution < -0.4 is 4.74 Å². The first kappa shape index (κ1) is 15.8. The first-order valence-electron chi connectivity index (χ1n) is 8.91. The van der Waals surface area contributed by atoms with Crippen molar-refractivity contribution >= 4 is 21.9 Å². The number of unbranched alkanes of at least 4 members (excludes halogenated alkanes) is 1. The van der Waals surface area contributed by atoms with E-state index in [1.807, 2.05) is 30.3 Å². The molecule has 0 bridgehead atoms. The van der Waals surface area contributed by atoms with E-state index < -0.39 is 0 Å². The number of aryl methyl sites for hydroxylation is 2. The van der Waals surface area contributed by atoms with Crippen molar-refractivity contribution < 1.29 is 4.74 Å². The Kier molecular flexibility index (Phi) is 4.18. The van der Waals surface area contributed by atoms with E-state index >= 15 is 0 Å². The minimum absolute atomic E-state index is 0.440. The third-order valence-electron chi connectivity index (χ3n) is 4.63. The van der Waals surface area contributed by atoms with Crippen molar-refractivity contribution in [1.82, 2.24) is 14.5 Å². The van der Waals surface area contributed by atoms with Crippen LogP contribution >= 0.6 is 0 Å². The van der Waals surface area contributed by atoms with Gasteiger partial charge >= 0.3 is 0 Å². The lowest BCUT2D eigenvalue weighted by Crippen LogP contribution is -2.00. The van der Waals surface area contributed by atoms with Crippen LogP contribution in [0.5, 0.6) is 5.75 Å². The number of rotatable bonds is 6. The number of H-pyrrole nitrogens is 1. The molecule has 4 heteroatoms. The van der Waals surface area contributed by atoms with Crippen LogP contribution in [0.15, 0.2) is 48.5 Å². The Hall–Kier alpha value is -2.75. The molecular weight excluding hydrogens is 310 g/mol. The fraction of sp³-hybridized carbons (Fsp3) is 0.286. The average molecular weight is 333 g/mol. The standard InChI is InChI=1S/C21H23N3O/c1-3-4-11-24-15(2)12-16-13-17(9-10-20(16)24)25-14-21-22-18-7-5-6-8-19(18)23-21/h5-10,12-13H,3-4,11,14H2,1-2H3,(H,22,23). The van der Waals surface area contributed by atoms with Crippen molar-refractivity contribution in [2.75, 3.05) is 0 Å². The lowest BCUT2D eigenvalue weighted by atomic mass is 10.2. The lowest BCUT2D eigenvalue weighted by Gasteiger charge is -2.08. The monoisotopic (exact) mass is 333 g/mol. The maximum atomic E-state index is 5.96. The number of aromatic nitrogens is 3. The molecule has 128 valence electrons. The molecule has 0 atom stereocenters. The predicted octanol–water partition coefficient (Wildman–Crippen LogP) is 5.21. The molecule has 2 aromatic heterocycles. The second kappa shape index (κ2) is 6.63. The zero-order chi connectivity index (χ0) is 17.2. The quantitative estimate of drug-likeness (QED) is 0.526. The van der Waals surface area contributed by atoms with Crippen LogP contribution in [0, 0.1) is 6.92 Å². The molecule has 0 saturated heterocycles. The number of hydrogen-bond donors (Lipinski definition) is 1. The summed E-state index contributed by atoms with van der Waals surface area (Å²) >= 11 is 0.